The summed E-state index contributed by atoms with van der Waals surface area (Å²) in [6.45, 7) is 0.755. The van der Waals surface area contributed by atoms with Crippen LogP contribution in [0.2, 0.25) is 0 Å². The van der Waals surface area contributed by atoms with Crippen molar-refractivity contribution >= 4 is 6.09 Å². The Hall–Kier alpha value is -2.32. The summed E-state index contributed by atoms with van der Waals surface area (Å²) in [6, 6.07) is 8.78. The minimum Gasteiger partial charge on any atom is -0.443 e. The van der Waals surface area contributed by atoms with Crippen molar-refractivity contribution in [3.63, 3.8) is 0 Å². The van der Waals surface area contributed by atoms with E-state index in [4.69, 9.17) is 19.7 Å². The van der Waals surface area contributed by atoms with Gasteiger partial charge in [0.2, 0.25) is 0 Å². The van der Waals surface area contributed by atoms with E-state index in [9.17, 15) is 9.90 Å². The highest BCUT2D eigenvalue weighted by Gasteiger charge is 2.44. The van der Waals surface area contributed by atoms with Gasteiger partial charge in [-0.2, -0.15) is 0 Å². The largest absolute Gasteiger partial charge is 0.443 e. The minimum absolute atomic E-state index is 0.0430. The third kappa shape index (κ3) is 4.64. The summed E-state index contributed by atoms with van der Waals surface area (Å²) < 4.78 is 16.3. The highest BCUT2D eigenvalue weighted by Crippen LogP contribution is 2.32. The lowest BCUT2D eigenvalue weighted by molar-refractivity contribution is -0.0907. The maximum absolute atomic E-state index is 12.3. The number of aliphatic hydroxyl groups excluding tert-OH is 1. The first-order valence-corrected chi connectivity index (χ1v) is 8.60. The van der Waals surface area contributed by atoms with Crippen LogP contribution in [-0.2, 0) is 20.6 Å². The summed E-state index contributed by atoms with van der Waals surface area (Å²) >= 11 is 0. The molecule has 2 saturated heterocycles. The van der Waals surface area contributed by atoms with Gasteiger partial charge >= 0.3 is 6.09 Å². The van der Waals surface area contributed by atoms with Gasteiger partial charge in [0.25, 0.3) is 0 Å². The first-order valence-electron chi connectivity index (χ1n) is 8.60. The van der Waals surface area contributed by atoms with Gasteiger partial charge in [0.15, 0.2) is 6.29 Å². The number of carbonyl (C=O) groups is 1. The molecule has 2 N–H and O–H groups in total. The van der Waals surface area contributed by atoms with Crippen LogP contribution in [0.25, 0.3) is 10.4 Å². The zero-order valence-electron chi connectivity index (χ0n) is 14.2. The smallest absolute Gasteiger partial charge is 0.407 e. The molecule has 1 amide bonds. The Bertz CT molecular complexity index is 652. The molecule has 5 atom stereocenters. The SMILES string of the molecule is [N-]=[N+]=NCC(O)[C@H](Cc1ccccc1)NC(=O)OC1COC2OCCC12. The maximum atomic E-state index is 12.3. The molecule has 2 heterocycles. The molecule has 1 aromatic rings. The van der Waals surface area contributed by atoms with Crippen LogP contribution in [0, 0.1) is 5.92 Å². The van der Waals surface area contributed by atoms with Gasteiger partial charge in [-0.3, -0.25) is 0 Å². The van der Waals surface area contributed by atoms with Crippen molar-refractivity contribution in [3.8, 4) is 0 Å². The van der Waals surface area contributed by atoms with Gasteiger partial charge in [0.1, 0.15) is 6.10 Å². The summed E-state index contributed by atoms with van der Waals surface area (Å²) in [5, 5.41) is 16.4. The van der Waals surface area contributed by atoms with Crippen LogP contribution >= 0.6 is 0 Å². The van der Waals surface area contributed by atoms with Crippen molar-refractivity contribution in [1.82, 2.24) is 5.32 Å². The number of ether oxygens (including phenoxy) is 3. The van der Waals surface area contributed by atoms with Gasteiger partial charge < -0.3 is 24.6 Å². The number of hydrogen-bond acceptors (Lipinski definition) is 6. The quantitative estimate of drug-likeness (QED) is 0.434. The number of hydrogen-bond donors (Lipinski definition) is 2. The highest BCUT2D eigenvalue weighted by molar-refractivity contribution is 5.68. The van der Waals surface area contributed by atoms with Gasteiger partial charge in [-0.1, -0.05) is 35.4 Å². The lowest BCUT2D eigenvalue weighted by Gasteiger charge is -2.24. The molecule has 0 radical (unpaired) electrons. The van der Waals surface area contributed by atoms with E-state index in [2.05, 4.69) is 15.3 Å². The fraction of sp³-hybridized carbons (Fsp3) is 0.588. The Balaban J connectivity index is 1.60. The molecule has 0 aliphatic carbocycles. The lowest BCUT2D eigenvalue weighted by atomic mass is 10.0. The van der Waals surface area contributed by atoms with Gasteiger partial charge in [-0.05, 0) is 23.9 Å². The molecule has 0 spiro atoms. The highest BCUT2D eigenvalue weighted by atomic mass is 16.7. The normalized spacial score (nSPS) is 26.4. The van der Waals surface area contributed by atoms with Crippen LogP contribution in [-0.4, -0.2) is 55.5 Å². The molecule has 9 heteroatoms. The second kappa shape index (κ2) is 8.86. The molecule has 3 rings (SSSR count). The monoisotopic (exact) mass is 362 g/mol. The maximum Gasteiger partial charge on any atom is 0.407 e. The van der Waals surface area contributed by atoms with E-state index in [-0.39, 0.29) is 24.9 Å². The molecular weight excluding hydrogens is 340 g/mol. The second-order valence-electron chi connectivity index (χ2n) is 6.39. The molecule has 4 unspecified atom stereocenters. The first kappa shape index (κ1) is 18.5. The number of aliphatic hydroxyl groups is 1. The van der Waals surface area contributed by atoms with Gasteiger partial charge in [-0.25, -0.2) is 4.79 Å². The Morgan fingerprint density at radius 3 is 3.00 bits per heavy atom. The number of nitrogens with one attached hydrogen (secondary N) is 1. The van der Waals surface area contributed by atoms with Crippen LogP contribution in [0.5, 0.6) is 0 Å². The zero-order valence-corrected chi connectivity index (χ0v) is 14.2. The first-order chi connectivity index (χ1) is 12.7. The van der Waals surface area contributed by atoms with Crippen LogP contribution in [0.3, 0.4) is 0 Å². The Kier molecular flexibility index (Phi) is 6.30. The van der Waals surface area contributed by atoms with E-state index >= 15 is 0 Å². The molecule has 9 nitrogen and oxygen atoms in total. The van der Waals surface area contributed by atoms with Crippen LogP contribution in [0.1, 0.15) is 12.0 Å². The van der Waals surface area contributed by atoms with E-state index in [1.807, 2.05) is 30.3 Å². The number of azide groups is 1. The van der Waals surface area contributed by atoms with Crippen molar-refractivity contribution in [2.45, 2.75) is 37.4 Å². The van der Waals surface area contributed by atoms with Crippen molar-refractivity contribution < 1.29 is 24.1 Å². The lowest BCUT2D eigenvalue weighted by Crippen LogP contribution is -2.47. The van der Waals surface area contributed by atoms with Crippen molar-refractivity contribution in [3.05, 3.63) is 46.3 Å². The molecule has 0 aromatic heterocycles. The van der Waals surface area contributed by atoms with E-state index in [1.54, 1.807) is 0 Å². The van der Waals surface area contributed by atoms with Crippen molar-refractivity contribution in [2.75, 3.05) is 19.8 Å². The average molecular weight is 362 g/mol. The Morgan fingerprint density at radius 1 is 1.42 bits per heavy atom. The Labute approximate surface area is 150 Å². The van der Waals surface area contributed by atoms with E-state index in [1.165, 1.54) is 0 Å². The summed E-state index contributed by atoms with van der Waals surface area (Å²) in [5.74, 6) is 0.0430. The molecule has 2 fully saturated rings. The number of alkyl carbamates (subject to hydrolysis) is 1. The van der Waals surface area contributed by atoms with E-state index < -0.39 is 18.2 Å². The molecule has 0 saturated carbocycles. The van der Waals surface area contributed by atoms with Crippen LogP contribution in [0.4, 0.5) is 4.79 Å². The summed E-state index contributed by atoms with van der Waals surface area (Å²) in [4.78, 5) is 15.0. The predicted octanol–water partition coefficient (Wildman–Crippen LogP) is 1.76. The van der Waals surface area contributed by atoms with E-state index in [0.29, 0.717) is 19.6 Å². The second-order valence-corrected chi connectivity index (χ2v) is 6.39. The molecule has 26 heavy (non-hydrogen) atoms. The van der Waals surface area contributed by atoms with E-state index in [0.717, 1.165) is 12.0 Å². The fourth-order valence-corrected chi connectivity index (χ4v) is 3.27. The van der Waals surface area contributed by atoms with Gasteiger partial charge in [0.05, 0.1) is 37.8 Å². The van der Waals surface area contributed by atoms with Crippen LogP contribution < -0.4 is 5.32 Å². The standard InChI is InChI=1S/C17H22N4O5/c18-21-19-9-14(22)13(8-11-4-2-1-3-5-11)20-17(23)26-15-10-25-16-12(15)6-7-24-16/h1-5,12-16,22H,6-10H2,(H,20,23)/t12?,13-,14?,15?,16?/m0/s1. The molecule has 2 aliphatic heterocycles. The molecule has 140 valence electrons. The summed E-state index contributed by atoms with van der Waals surface area (Å²) in [5.41, 5.74) is 9.39. The third-order valence-electron chi connectivity index (χ3n) is 4.64. The number of fused-ring (bicyclic) bond motifs is 1. The number of amides is 1. The fourth-order valence-electron chi connectivity index (χ4n) is 3.27. The third-order valence-corrected chi connectivity index (χ3v) is 4.64. The minimum atomic E-state index is -1.03. The number of rotatable bonds is 7. The summed E-state index contributed by atoms with van der Waals surface area (Å²) in [7, 11) is 0. The topological polar surface area (TPSA) is 126 Å². The molecule has 2 aliphatic rings. The number of carbonyl (C=O) groups excluding carboxylic acids is 1. The Morgan fingerprint density at radius 2 is 2.23 bits per heavy atom. The average Bonchev–Trinajstić information content (AvgIpc) is 3.25. The van der Waals surface area contributed by atoms with Crippen LogP contribution in [0.15, 0.2) is 35.4 Å². The molecule has 0 bridgehead atoms. The van der Waals surface area contributed by atoms with Gasteiger partial charge in [-0.15, -0.1) is 0 Å². The zero-order chi connectivity index (χ0) is 18.4. The number of benzene rings is 1. The predicted molar refractivity (Wildman–Crippen MR) is 91.2 cm³/mol. The molecular formula is C17H22N4O5. The van der Waals surface area contributed by atoms with Gasteiger partial charge in [0, 0.05) is 4.91 Å². The number of nitrogens with zero attached hydrogens (tertiary/aromatic N) is 3. The van der Waals surface area contributed by atoms with Crippen molar-refractivity contribution in [2.24, 2.45) is 11.0 Å². The summed E-state index contributed by atoms with van der Waals surface area (Å²) in [6.07, 6.45) is -1.16. The van der Waals surface area contributed by atoms with Crippen molar-refractivity contribution in [1.29, 1.82) is 0 Å². The molecule has 1 aromatic carbocycles.